The fourth-order valence-electron chi connectivity index (χ4n) is 3.36. The van der Waals surface area contributed by atoms with Gasteiger partial charge in [-0.3, -0.25) is 10.1 Å². The number of amides is 1. The number of aryl methyl sites for hydroxylation is 2. The number of carbonyl (C=O) groups excluding carboxylic acids is 1. The van der Waals surface area contributed by atoms with E-state index in [1.165, 1.54) is 23.5 Å². The lowest BCUT2D eigenvalue weighted by Gasteiger charge is -2.05. The van der Waals surface area contributed by atoms with Crippen LogP contribution >= 0.6 is 11.3 Å². The molecule has 0 aliphatic carbocycles. The van der Waals surface area contributed by atoms with Gasteiger partial charge in [0.15, 0.2) is 5.13 Å². The van der Waals surface area contributed by atoms with Crippen LogP contribution in [0, 0.1) is 19.7 Å². The predicted molar refractivity (Wildman–Crippen MR) is 114 cm³/mol. The molecule has 3 aromatic heterocycles. The molecule has 1 N–H and O–H groups in total. The summed E-state index contributed by atoms with van der Waals surface area (Å²) in [4.78, 5) is 22.1. The molecule has 0 spiro atoms. The number of hydrogen-bond acceptors (Lipinski definition) is 6. The Morgan fingerprint density at radius 1 is 1.10 bits per heavy atom. The summed E-state index contributed by atoms with van der Waals surface area (Å²) < 4.78 is 19.7. The Balaban J connectivity index is 1.60. The fraction of sp³-hybridized carbons (Fsp3) is 0.0909. The Morgan fingerprint density at radius 3 is 2.67 bits per heavy atom. The van der Waals surface area contributed by atoms with E-state index in [-0.39, 0.29) is 17.4 Å². The van der Waals surface area contributed by atoms with Gasteiger partial charge in [0.25, 0.3) is 11.6 Å². The largest absolute Gasteiger partial charge is 0.335 e. The first-order valence-corrected chi connectivity index (χ1v) is 10.0. The molecule has 0 radical (unpaired) electrons. The van der Waals surface area contributed by atoms with Gasteiger partial charge in [-0.2, -0.15) is 0 Å². The monoisotopic (exact) mass is 418 g/mol. The van der Waals surface area contributed by atoms with Crippen LogP contribution < -0.4 is 5.32 Å². The molecule has 3 heterocycles. The Hall–Kier alpha value is -3.65. The van der Waals surface area contributed by atoms with Crippen LogP contribution in [0.25, 0.3) is 32.6 Å². The Morgan fingerprint density at radius 2 is 1.90 bits per heavy atom. The van der Waals surface area contributed by atoms with Gasteiger partial charge in [-0.15, -0.1) is 0 Å². The van der Waals surface area contributed by atoms with Crippen molar-refractivity contribution >= 4 is 43.7 Å². The van der Waals surface area contributed by atoms with Crippen molar-refractivity contribution in [3.63, 3.8) is 0 Å². The lowest BCUT2D eigenvalue weighted by molar-refractivity contribution is 0.102. The zero-order valence-electron chi connectivity index (χ0n) is 16.1. The van der Waals surface area contributed by atoms with E-state index in [0.29, 0.717) is 33.0 Å². The Kier molecular flexibility index (Phi) is 4.29. The highest BCUT2D eigenvalue weighted by atomic mass is 32.1. The number of benzene rings is 2. The molecular formula is C22H15FN4O2S. The number of thiazole rings is 1. The molecule has 0 atom stereocenters. The maximum atomic E-state index is 13.3. The molecule has 2 aromatic carbocycles. The molecule has 5 rings (SSSR count). The van der Waals surface area contributed by atoms with Gasteiger partial charge in [-0.05, 0) is 55.8 Å². The van der Waals surface area contributed by atoms with Crippen molar-refractivity contribution in [2.24, 2.45) is 0 Å². The van der Waals surface area contributed by atoms with E-state index in [2.05, 4.69) is 20.4 Å². The molecule has 0 aliphatic rings. The normalized spacial score (nSPS) is 11.3. The molecule has 148 valence electrons. The first-order chi connectivity index (χ1) is 14.5. The minimum atomic E-state index is -0.357. The van der Waals surface area contributed by atoms with E-state index in [9.17, 15) is 9.18 Å². The summed E-state index contributed by atoms with van der Waals surface area (Å²) in [6.07, 6.45) is 0. The zero-order valence-corrected chi connectivity index (χ0v) is 16.9. The average molecular weight is 418 g/mol. The summed E-state index contributed by atoms with van der Waals surface area (Å²) in [6, 6.07) is 13.4. The Bertz CT molecular complexity index is 1420. The van der Waals surface area contributed by atoms with E-state index < -0.39 is 0 Å². The highest BCUT2D eigenvalue weighted by molar-refractivity contribution is 7.22. The lowest BCUT2D eigenvalue weighted by atomic mass is 10.0. The fourth-order valence-corrected chi connectivity index (χ4v) is 4.30. The molecular weight excluding hydrogens is 403 g/mol. The van der Waals surface area contributed by atoms with Gasteiger partial charge in [-0.1, -0.05) is 28.6 Å². The van der Waals surface area contributed by atoms with Gasteiger partial charge in [0.1, 0.15) is 11.5 Å². The number of aromatic nitrogens is 3. The standard InChI is InChI=1S/C22H15FN4O2S/c1-11-4-3-5-16-18(11)25-22(30-16)26-20(28)15-10-12(2)24-21-17(15)19(27-29-21)13-6-8-14(23)9-7-13/h3-10H,1-2H3,(H,25,26,28). The van der Waals surface area contributed by atoms with Crippen molar-refractivity contribution in [3.05, 3.63) is 71.2 Å². The number of fused-ring (bicyclic) bond motifs is 2. The summed E-state index contributed by atoms with van der Waals surface area (Å²) in [7, 11) is 0. The van der Waals surface area contributed by atoms with Gasteiger partial charge >= 0.3 is 0 Å². The van der Waals surface area contributed by atoms with Crippen LogP contribution in [-0.2, 0) is 0 Å². The second-order valence-electron chi connectivity index (χ2n) is 6.92. The van der Waals surface area contributed by atoms with E-state index in [4.69, 9.17) is 4.52 Å². The van der Waals surface area contributed by atoms with Crippen molar-refractivity contribution in [3.8, 4) is 11.3 Å². The molecule has 0 aliphatic heterocycles. The van der Waals surface area contributed by atoms with Gasteiger partial charge < -0.3 is 4.52 Å². The Labute approximate surface area is 174 Å². The van der Waals surface area contributed by atoms with E-state index >= 15 is 0 Å². The number of nitrogens with zero attached hydrogens (tertiary/aromatic N) is 3. The van der Waals surface area contributed by atoms with E-state index in [0.717, 1.165) is 15.8 Å². The summed E-state index contributed by atoms with van der Waals surface area (Å²) >= 11 is 1.41. The topological polar surface area (TPSA) is 80.9 Å². The average Bonchev–Trinajstić information content (AvgIpc) is 3.32. The van der Waals surface area contributed by atoms with E-state index in [1.54, 1.807) is 25.1 Å². The minimum absolute atomic E-state index is 0.250. The summed E-state index contributed by atoms with van der Waals surface area (Å²) in [5, 5.41) is 7.94. The predicted octanol–water partition coefficient (Wildman–Crippen LogP) is 5.51. The molecule has 0 bridgehead atoms. The maximum absolute atomic E-state index is 13.3. The summed E-state index contributed by atoms with van der Waals surface area (Å²) in [5.41, 5.74) is 4.21. The number of para-hydroxylation sites is 1. The van der Waals surface area contributed by atoms with Crippen molar-refractivity contribution in [1.29, 1.82) is 0 Å². The summed E-state index contributed by atoms with van der Waals surface area (Å²) in [5.74, 6) is -0.696. The first-order valence-electron chi connectivity index (χ1n) is 9.20. The third kappa shape index (κ3) is 3.11. The quantitative estimate of drug-likeness (QED) is 0.418. The number of rotatable bonds is 3. The van der Waals surface area contributed by atoms with E-state index in [1.807, 2.05) is 25.1 Å². The van der Waals surface area contributed by atoms with Gasteiger partial charge in [0, 0.05) is 11.3 Å². The van der Waals surface area contributed by atoms with Crippen LogP contribution in [0.2, 0.25) is 0 Å². The lowest BCUT2D eigenvalue weighted by Crippen LogP contribution is -2.13. The van der Waals surface area contributed by atoms with Crippen molar-refractivity contribution in [1.82, 2.24) is 15.1 Å². The molecule has 30 heavy (non-hydrogen) atoms. The van der Waals surface area contributed by atoms with Gasteiger partial charge in [-0.25, -0.2) is 14.4 Å². The third-order valence-electron chi connectivity index (χ3n) is 4.78. The number of hydrogen-bond donors (Lipinski definition) is 1. The molecule has 0 saturated carbocycles. The minimum Gasteiger partial charge on any atom is -0.335 e. The molecule has 8 heteroatoms. The molecule has 0 unspecified atom stereocenters. The highest BCUT2D eigenvalue weighted by Crippen LogP contribution is 2.32. The van der Waals surface area contributed by atoms with Gasteiger partial charge in [0.05, 0.1) is 21.2 Å². The highest BCUT2D eigenvalue weighted by Gasteiger charge is 2.22. The second-order valence-corrected chi connectivity index (χ2v) is 7.95. The number of carbonyl (C=O) groups is 1. The molecule has 6 nitrogen and oxygen atoms in total. The number of nitrogens with one attached hydrogen (secondary N) is 1. The van der Waals surface area contributed by atoms with Crippen LogP contribution in [0.15, 0.2) is 53.1 Å². The van der Waals surface area contributed by atoms with Crippen LogP contribution in [0.4, 0.5) is 9.52 Å². The first kappa shape index (κ1) is 18.4. The number of anilines is 1. The molecule has 0 saturated heterocycles. The van der Waals surface area contributed by atoms with Crippen molar-refractivity contribution in [2.75, 3.05) is 5.32 Å². The molecule has 5 aromatic rings. The number of halogens is 1. The SMILES string of the molecule is Cc1cc(C(=O)Nc2nc3c(C)cccc3s2)c2c(-c3ccc(F)cc3)noc2n1. The second kappa shape index (κ2) is 7.00. The summed E-state index contributed by atoms with van der Waals surface area (Å²) in [6.45, 7) is 3.76. The van der Waals surface area contributed by atoms with Crippen molar-refractivity contribution < 1.29 is 13.7 Å². The zero-order chi connectivity index (χ0) is 20.8. The molecule has 0 fully saturated rings. The van der Waals surface area contributed by atoms with Crippen molar-refractivity contribution in [2.45, 2.75) is 13.8 Å². The van der Waals surface area contributed by atoms with Gasteiger partial charge in [0.2, 0.25) is 0 Å². The van der Waals surface area contributed by atoms with Crippen LogP contribution in [0.5, 0.6) is 0 Å². The smallest absolute Gasteiger partial charge is 0.259 e. The van der Waals surface area contributed by atoms with Crippen LogP contribution in [-0.4, -0.2) is 21.0 Å². The van der Waals surface area contributed by atoms with Crippen LogP contribution in [0.3, 0.4) is 0 Å². The van der Waals surface area contributed by atoms with Crippen LogP contribution in [0.1, 0.15) is 21.6 Å². The maximum Gasteiger partial charge on any atom is 0.259 e. The third-order valence-corrected chi connectivity index (χ3v) is 5.71. The molecule has 1 amide bonds. The number of pyridine rings is 1.